The van der Waals surface area contributed by atoms with Crippen molar-refractivity contribution < 1.29 is 0 Å². The molecule has 0 saturated carbocycles. The van der Waals surface area contributed by atoms with E-state index in [2.05, 4.69) is 63.5 Å². The molecule has 1 N–H and O–H groups in total. The van der Waals surface area contributed by atoms with E-state index in [9.17, 15) is 0 Å². The molecule has 0 aromatic rings. The molecule has 1 fully saturated rings. The minimum Gasteiger partial charge on any atom is -0.313 e. The standard InChI is InChI=1S/C15H31NS2/c1-6-13-14(18-11-10-17-13)12(16-7-2)8-9-15(3,4)5/h12-14,16H,6-11H2,1-5H3. The van der Waals surface area contributed by atoms with Gasteiger partial charge in [-0.05, 0) is 31.2 Å². The van der Waals surface area contributed by atoms with Crippen LogP contribution in [-0.2, 0) is 0 Å². The van der Waals surface area contributed by atoms with Gasteiger partial charge in [-0.3, -0.25) is 0 Å². The predicted octanol–water partition coefficient (Wildman–Crippen LogP) is 4.42. The molecule has 0 spiro atoms. The summed E-state index contributed by atoms with van der Waals surface area (Å²) in [6, 6.07) is 0.706. The Kier molecular flexibility index (Phi) is 7.48. The van der Waals surface area contributed by atoms with Crippen LogP contribution < -0.4 is 5.32 Å². The zero-order chi connectivity index (χ0) is 13.6. The van der Waals surface area contributed by atoms with Crippen LogP contribution in [0.4, 0.5) is 0 Å². The van der Waals surface area contributed by atoms with Gasteiger partial charge in [0.05, 0.1) is 0 Å². The average molecular weight is 290 g/mol. The Labute approximate surface area is 123 Å². The molecule has 18 heavy (non-hydrogen) atoms. The second kappa shape index (κ2) is 8.06. The predicted molar refractivity (Wildman–Crippen MR) is 88.9 cm³/mol. The van der Waals surface area contributed by atoms with Crippen LogP contribution in [0.5, 0.6) is 0 Å². The fourth-order valence-corrected chi connectivity index (χ4v) is 5.85. The van der Waals surface area contributed by atoms with Gasteiger partial charge in [-0.2, -0.15) is 23.5 Å². The van der Waals surface area contributed by atoms with Crippen LogP contribution in [-0.4, -0.2) is 34.6 Å². The molecule has 3 atom stereocenters. The summed E-state index contributed by atoms with van der Waals surface area (Å²) < 4.78 is 0. The maximum atomic E-state index is 3.76. The Morgan fingerprint density at radius 2 is 1.83 bits per heavy atom. The van der Waals surface area contributed by atoms with Crippen LogP contribution in [0.1, 0.15) is 53.9 Å². The van der Waals surface area contributed by atoms with Crippen LogP contribution in [0.15, 0.2) is 0 Å². The van der Waals surface area contributed by atoms with Gasteiger partial charge in [-0.15, -0.1) is 0 Å². The van der Waals surface area contributed by atoms with E-state index in [4.69, 9.17) is 0 Å². The van der Waals surface area contributed by atoms with Gasteiger partial charge >= 0.3 is 0 Å². The molecule has 0 radical (unpaired) electrons. The van der Waals surface area contributed by atoms with Gasteiger partial charge in [0.15, 0.2) is 0 Å². The fraction of sp³-hybridized carbons (Fsp3) is 1.00. The minimum atomic E-state index is 0.460. The van der Waals surface area contributed by atoms with E-state index >= 15 is 0 Å². The van der Waals surface area contributed by atoms with Gasteiger partial charge in [0.25, 0.3) is 0 Å². The summed E-state index contributed by atoms with van der Waals surface area (Å²) in [5.41, 5.74) is 0.460. The third kappa shape index (κ3) is 5.75. The molecule has 3 unspecified atom stereocenters. The second-order valence-corrected chi connectivity index (χ2v) is 9.05. The van der Waals surface area contributed by atoms with E-state index < -0.39 is 0 Å². The van der Waals surface area contributed by atoms with Crippen molar-refractivity contribution in [1.29, 1.82) is 0 Å². The van der Waals surface area contributed by atoms with Crippen molar-refractivity contribution in [1.82, 2.24) is 5.32 Å². The van der Waals surface area contributed by atoms with Crippen molar-refractivity contribution in [3.8, 4) is 0 Å². The second-order valence-electron chi connectivity index (χ2n) is 6.42. The number of thioether (sulfide) groups is 2. The van der Waals surface area contributed by atoms with Crippen LogP contribution in [0.25, 0.3) is 0 Å². The first-order chi connectivity index (χ1) is 8.48. The molecule has 1 heterocycles. The number of hydrogen-bond acceptors (Lipinski definition) is 3. The van der Waals surface area contributed by atoms with Crippen molar-refractivity contribution in [2.75, 3.05) is 18.1 Å². The molecule has 1 saturated heterocycles. The molecule has 3 heteroatoms. The van der Waals surface area contributed by atoms with Crippen LogP contribution in [0.3, 0.4) is 0 Å². The average Bonchev–Trinajstić information content (AvgIpc) is 2.33. The minimum absolute atomic E-state index is 0.460. The molecule has 1 aliphatic rings. The highest BCUT2D eigenvalue weighted by Crippen LogP contribution is 2.37. The first kappa shape index (κ1) is 16.7. The van der Waals surface area contributed by atoms with Gasteiger partial charge in [-0.1, -0.05) is 34.6 Å². The third-order valence-electron chi connectivity index (χ3n) is 3.56. The lowest BCUT2D eigenvalue weighted by molar-refractivity contribution is 0.326. The lowest BCUT2D eigenvalue weighted by Crippen LogP contribution is -2.45. The highest BCUT2D eigenvalue weighted by molar-refractivity contribution is 8.07. The van der Waals surface area contributed by atoms with E-state index in [0.29, 0.717) is 11.5 Å². The van der Waals surface area contributed by atoms with Crippen LogP contribution in [0, 0.1) is 5.41 Å². The summed E-state index contributed by atoms with van der Waals surface area (Å²) in [6.45, 7) is 12.8. The van der Waals surface area contributed by atoms with E-state index in [-0.39, 0.29) is 0 Å². The largest absolute Gasteiger partial charge is 0.313 e. The fourth-order valence-electron chi connectivity index (χ4n) is 2.54. The maximum absolute atomic E-state index is 3.76. The first-order valence-corrected chi connectivity index (χ1v) is 9.54. The van der Waals surface area contributed by atoms with Crippen molar-refractivity contribution in [3.63, 3.8) is 0 Å². The molecule has 0 aromatic heterocycles. The van der Waals surface area contributed by atoms with E-state index in [1.54, 1.807) is 0 Å². The summed E-state index contributed by atoms with van der Waals surface area (Å²) >= 11 is 4.41. The number of rotatable bonds is 6. The SMILES string of the molecule is CCNC(CCC(C)(C)C)C1SCCSC1CC. The number of hydrogen-bond donors (Lipinski definition) is 1. The van der Waals surface area contributed by atoms with Gasteiger partial charge in [0, 0.05) is 28.0 Å². The Balaban J connectivity index is 2.57. The summed E-state index contributed by atoms with van der Waals surface area (Å²) in [7, 11) is 0. The molecule has 0 aromatic carbocycles. The van der Waals surface area contributed by atoms with Crippen molar-refractivity contribution in [2.45, 2.75) is 70.4 Å². The topological polar surface area (TPSA) is 12.0 Å². The zero-order valence-electron chi connectivity index (χ0n) is 12.8. The quantitative estimate of drug-likeness (QED) is 0.777. The molecule has 0 aliphatic carbocycles. The van der Waals surface area contributed by atoms with Gasteiger partial charge < -0.3 is 5.32 Å². The normalized spacial score (nSPS) is 27.2. The zero-order valence-corrected chi connectivity index (χ0v) is 14.4. The first-order valence-electron chi connectivity index (χ1n) is 7.44. The monoisotopic (exact) mass is 289 g/mol. The molecular weight excluding hydrogens is 258 g/mol. The highest BCUT2D eigenvalue weighted by Gasteiger charge is 2.32. The summed E-state index contributed by atoms with van der Waals surface area (Å²) in [6.07, 6.45) is 3.97. The Morgan fingerprint density at radius 1 is 1.17 bits per heavy atom. The Bertz CT molecular complexity index is 225. The van der Waals surface area contributed by atoms with Crippen molar-refractivity contribution in [2.24, 2.45) is 5.41 Å². The number of nitrogens with one attached hydrogen (secondary N) is 1. The van der Waals surface area contributed by atoms with Gasteiger partial charge in [0.1, 0.15) is 0 Å². The summed E-state index contributed by atoms with van der Waals surface area (Å²) in [4.78, 5) is 0. The van der Waals surface area contributed by atoms with Crippen molar-refractivity contribution >= 4 is 23.5 Å². The molecule has 108 valence electrons. The molecule has 0 bridgehead atoms. The van der Waals surface area contributed by atoms with E-state index in [1.807, 2.05) is 0 Å². The molecule has 0 amide bonds. The van der Waals surface area contributed by atoms with Crippen LogP contribution >= 0.6 is 23.5 Å². The Hall–Kier alpha value is 0.660. The smallest absolute Gasteiger partial charge is 0.0320 e. The maximum Gasteiger partial charge on any atom is 0.0320 e. The molecular formula is C15H31NS2. The van der Waals surface area contributed by atoms with Crippen LogP contribution in [0.2, 0.25) is 0 Å². The van der Waals surface area contributed by atoms with Crippen molar-refractivity contribution in [3.05, 3.63) is 0 Å². The highest BCUT2D eigenvalue weighted by atomic mass is 32.2. The summed E-state index contributed by atoms with van der Waals surface area (Å²) in [5.74, 6) is 2.68. The third-order valence-corrected chi connectivity index (χ3v) is 6.97. The van der Waals surface area contributed by atoms with E-state index in [0.717, 1.165) is 17.0 Å². The van der Waals surface area contributed by atoms with E-state index in [1.165, 1.54) is 30.8 Å². The lowest BCUT2D eigenvalue weighted by Gasteiger charge is -2.37. The lowest BCUT2D eigenvalue weighted by atomic mass is 9.87. The summed E-state index contributed by atoms with van der Waals surface area (Å²) in [5, 5.41) is 5.43. The molecule has 1 nitrogen and oxygen atoms in total. The Morgan fingerprint density at radius 3 is 2.39 bits per heavy atom. The van der Waals surface area contributed by atoms with Gasteiger partial charge in [0.2, 0.25) is 0 Å². The van der Waals surface area contributed by atoms with Gasteiger partial charge in [-0.25, -0.2) is 0 Å². The molecule has 1 rings (SSSR count). The molecule has 1 aliphatic heterocycles.